The second-order valence-electron chi connectivity index (χ2n) is 3.51. The van der Waals surface area contributed by atoms with E-state index in [1.54, 1.807) is 11.3 Å². The fraction of sp³-hybridized carbons (Fsp3) is 0. The van der Waals surface area contributed by atoms with Crippen LogP contribution in [-0.2, 0) is 0 Å². The lowest BCUT2D eigenvalue weighted by Crippen LogP contribution is -1.84. The number of aromatic nitrogens is 2. The number of nitrogens with zero attached hydrogens (tertiary/aromatic N) is 2. The molecule has 0 saturated carbocycles. The summed E-state index contributed by atoms with van der Waals surface area (Å²) in [7, 11) is 0. The summed E-state index contributed by atoms with van der Waals surface area (Å²) in [5.74, 6) is 0. The fourth-order valence-corrected chi connectivity index (χ4v) is 2.26. The maximum absolute atomic E-state index is 4.41. The van der Waals surface area contributed by atoms with Crippen LogP contribution in [0.1, 0.15) is 0 Å². The third kappa shape index (κ3) is 1.66. The lowest BCUT2D eigenvalue weighted by Gasteiger charge is -1.96. The Morgan fingerprint density at radius 1 is 1.06 bits per heavy atom. The molecule has 2 nitrogen and oxygen atoms in total. The molecule has 3 aromatic rings. The molecule has 0 unspecified atom stereocenters. The van der Waals surface area contributed by atoms with Gasteiger partial charge >= 0.3 is 0 Å². The molecule has 0 saturated heterocycles. The third-order valence-corrected chi connectivity index (χ3v) is 3.13. The molecule has 0 N–H and O–H groups in total. The highest BCUT2D eigenvalue weighted by Gasteiger charge is 2.02. The minimum absolute atomic E-state index is 1.01. The van der Waals surface area contributed by atoms with Crippen LogP contribution < -0.4 is 0 Å². The van der Waals surface area contributed by atoms with E-state index >= 15 is 0 Å². The number of rotatable bonds is 2. The van der Waals surface area contributed by atoms with E-state index in [2.05, 4.69) is 40.1 Å². The molecule has 2 aromatic heterocycles. The normalized spacial score (nSPS) is 10.5. The molecular weight excluding hydrogens is 216 g/mol. The van der Waals surface area contributed by atoms with Crippen molar-refractivity contribution >= 4 is 11.3 Å². The van der Waals surface area contributed by atoms with Gasteiger partial charge in [0.2, 0.25) is 0 Å². The Morgan fingerprint density at radius 2 is 1.94 bits per heavy atom. The molecule has 0 spiro atoms. The van der Waals surface area contributed by atoms with E-state index in [1.165, 1.54) is 5.69 Å². The van der Waals surface area contributed by atoms with Gasteiger partial charge in [-0.3, -0.25) is 0 Å². The van der Waals surface area contributed by atoms with Crippen LogP contribution in [0.3, 0.4) is 0 Å². The van der Waals surface area contributed by atoms with Crippen LogP contribution in [0.4, 0.5) is 0 Å². The molecule has 0 amide bonds. The zero-order chi connectivity index (χ0) is 10.8. The summed E-state index contributed by atoms with van der Waals surface area (Å²) >= 11 is 1.69. The van der Waals surface area contributed by atoms with Crippen LogP contribution in [0.15, 0.2) is 59.7 Å². The third-order valence-electron chi connectivity index (χ3n) is 2.46. The Hall–Kier alpha value is -1.87. The molecule has 3 heteroatoms. The Morgan fingerprint density at radius 3 is 2.69 bits per heavy atom. The van der Waals surface area contributed by atoms with Crippen LogP contribution in [0, 0.1) is 0 Å². The van der Waals surface area contributed by atoms with Gasteiger partial charge in [0.25, 0.3) is 0 Å². The summed E-state index contributed by atoms with van der Waals surface area (Å²) in [5, 5.41) is 4.17. The molecule has 1 aromatic carbocycles. The zero-order valence-corrected chi connectivity index (χ0v) is 9.39. The second-order valence-corrected chi connectivity index (χ2v) is 4.29. The topological polar surface area (TPSA) is 17.8 Å². The minimum Gasteiger partial charge on any atom is -0.305 e. The van der Waals surface area contributed by atoms with Crippen molar-refractivity contribution in [3.05, 3.63) is 59.7 Å². The molecule has 0 aliphatic heterocycles. The minimum atomic E-state index is 1.01. The predicted molar refractivity (Wildman–Crippen MR) is 66.9 cm³/mol. The second kappa shape index (κ2) is 3.94. The summed E-state index contributed by atoms with van der Waals surface area (Å²) in [6.45, 7) is 0. The van der Waals surface area contributed by atoms with Gasteiger partial charge < -0.3 is 4.57 Å². The first kappa shape index (κ1) is 9.36. The van der Waals surface area contributed by atoms with E-state index in [4.69, 9.17) is 0 Å². The monoisotopic (exact) mass is 226 g/mol. The number of imidazole rings is 1. The fourth-order valence-electron chi connectivity index (χ4n) is 1.63. The van der Waals surface area contributed by atoms with Gasteiger partial charge in [0.05, 0.1) is 17.7 Å². The molecule has 0 radical (unpaired) electrons. The van der Waals surface area contributed by atoms with E-state index in [-0.39, 0.29) is 0 Å². The van der Waals surface area contributed by atoms with Gasteiger partial charge in [-0.25, -0.2) is 4.98 Å². The smallest absolute Gasteiger partial charge is 0.0999 e. The highest BCUT2D eigenvalue weighted by molar-refractivity contribution is 7.08. The van der Waals surface area contributed by atoms with Crippen LogP contribution in [-0.4, -0.2) is 9.55 Å². The van der Waals surface area contributed by atoms with Gasteiger partial charge in [-0.15, -0.1) is 0 Å². The van der Waals surface area contributed by atoms with E-state index in [1.807, 2.05) is 29.1 Å². The molecule has 16 heavy (non-hydrogen) atoms. The standard InChI is InChI=1S/C13H10N2S/c1-2-4-11(5-3-1)13-8-15(10-14-13)12-6-7-16-9-12/h1-10H. The Kier molecular flexibility index (Phi) is 2.31. The summed E-state index contributed by atoms with van der Waals surface area (Å²) < 4.78 is 2.04. The van der Waals surface area contributed by atoms with Crippen molar-refractivity contribution in [1.29, 1.82) is 0 Å². The van der Waals surface area contributed by atoms with E-state index in [0.717, 1.165) is 11.3 Å². The quantitative estimate of drug-likeness (QED) is 0.652. The molecule has 78 valence electrons. The Labute approximate surface area is 97.8 Å². The first-order valence-electron chi connectivity index (χ1n) is 5.05. The predicted octanol–water partition coefficient (Wildman–Crippen LogP) is 3.60. The maximum Gasteiger partial charge on any atom is 0.0999 e. The molecule has 0 bridgehead atoms. The lowest BCUT2D eigenvalue weighted by molar-refractivity contribution is 1.07. The average Bonchev–Trinajstić information content (AvgIpc) is 3.01. The van der Waals surface area contributed by atoms with Crippen LogP contribution in [0.25, 0.3) is 16.9 Å². The molecule has 0 fully saturated rings. The van der Waals surface area contributed by atoms with Gasteiger partial charge in [0.15, 0.2) is 0 Å². The zero-order valence-electron chi connectivity index (χ0n) is 8.58. The molecule has 0 atom stereocenters. The Balaban J connectivity index is 2.00. The van der Waals surface area contributed by atoms with E-state index in [9.17, 15) is 0 Å². The highest BCUT2D eigenvalue weighted by atomic mass is 32.1. The van der Waals surface area contributed by atoms with Crippen LogP contribution in [0.2, 0.25) is 0 Å². The molecule has 2 heterocycles. The number of hydrogen-bond donors (Lipinski definition) is 0. The highest BCUT2D eigenvalue weighted by Crippen LogP contribution is 2.19. The number of thiophene rings is 1. The number of benzene rings is 1. The van der Waals surface area contributed by atoms with Gasteiger partial charge in [0.1, 0.15) is 0 Å². The van der Waals surface area contributed by atoms with Crippen molar-refractivity contribution in [2.75, 3.05) is 0 Å². The van der Waals surface area contributed by atoms with Crippen molar-refractivity contribution in [2.24, 2.45) is 0 Å². The van der Waals surface area contributed by atoms with E-state index in [0.29, 0.717) is 0 Å². The van der Waals surface area contributed by atoms with Gasteiger partial charge in [0, 0.05) is 17.1 Å². The van der Waals surface area contributed by atoms with Crippen molar-refractivity contribution in [1.82, 2.24) is 9.55 Å². The maximum atomic E-state index is 4.41. The number of hydrogen-bond acceptors (Lipinski definition) is 2. The average molecular weight is 226 g/mol. The van der Waals surface area contributed by atoms with Crippen molar-refractivity contribution in [3.63, 3.8) is 0 Å². The first-order valence-corrected chi connectivity index (χ1v) is 6.00. The molecular formula is C13H10N2S. The lowest BCUT2D eigenvalue weighted by atomic mass is 10.2. The van der Waals surface area contributed by atoms with Crippen LogP contribution in [0.5, 0.6) is 0 Å². The first-order chi connectivity index (χ1) is 7.93. The van der Waals surface area contributed by atoms with Gasteiger partial charge in [-0.1, -0.05) is 30.3 Å². The Bertz CT molecular complexity index is 567. The van der Waals surface area contributed by atoms with Crippen molar-refractivity contribution < 1.29 is 0 Å². The van der Waals surface area contributed by atoms with Crippen molar-refractivity contribution in [2.45, 2.75) is 0 Å². The molecule has 0 aliphatic rings. The summed E-state index contributed by atoms with van der Waals surface area (Å²) in [4.78, 5) is 4.41. The van der Waals surface area contributed by atoms with Gasteiger partial charge in [-0.2, -0.15) is 11.3 Å². The molecule has 0 aliphatic carbocycles. The van der Waals surface area contributed by atoms with E-state index < -0.39 is 0 Å². The summed E-state index contributed by atoms with van der Waals surface area (Å²) in [6.07, 6.45) is 3.90. The SMILES string of the molecule is c1ccc(-c2cn(-c3ccsc3)cn2)cc1. The van der Waals surface area contributed by atoms with Crippen LogP contribution >= 0.6 is 11.3 Å². The molecule has 3 rings (SSSR count). The van der Waals surface area contributed by atoms with Crippen molar-refractivity contribution in [3.8, 4) is 16.9 Å². The largest absolute Gasteiger partial charge is 0.305 e. The summed E-state index contributed by atoms with van der Waals surface area (Å²) in [6, 6.07) is 12.3. The van der Waals surface area contributed by atoms with Gasteiger partial charge in [-0.05, 0) is 11.4 Å². The summed E-state index contributed by atoms with van der Waals surface area (Å²) in [5.41, 5.74) is 3.32.